The van der Waals surface area contributed by atoms with E-state index in [1.54, 1.807) is 38.5 Å². The van der Waals surface area contributed by atoms with E-state index in [4.69, 9.17) is 14.2 Å². The van der Waals surface area contributed by atoms with E-state index < -0.39 is 0 Å². The standard InChI is InChI=1S/C26H26N2O5/c1-31-24-14-19-12-13-27-22(21(19)15-25(24)32-2)16-23(17-6-4-3-5-7-17)33-26(27)18-8-10-20(11-9-18)28(29)30/h3-11,14-15,22-23,26H,12-13,16H2,1-2H3/t22-,23-,26+/m1/s1. The Hall–Kier alpha value is -3.42. The van der Waals surface area contributed by atoms with Gasteiger partial charge in [-0.25, -0.2) is 0 Å². The van der Waals surface area contributed by atoms with Crippen molar-refractivity contribution >= 4 is 5.69 Å². The zero-order valence-corrected chi connectivity index (χ0v) is 18.6. The monoisotopic (exact) mass is 446 g/mol. The fourth-order valence-electron chi connectivity index (χ4n) is 5.00. The number of non-ortho nitro benzene ring substituents is 1. The Bertz CT molecular complexity index is 1150. The van der Waals surface area contributed by atoms with Gasteiger partial charge in [0.05, 0.1) is 25.2 Å². The highest BCUT2D eigenvalue weighted by atomic mass is 16.6. The molecule has 0 radical (unpaired) electrons. The Kier molecular flexibility index (Phi) is 5.74. The van der Waals surface area contributed by atoms with Crippen molar-refractivity contribution < 1.29 is 19.1 Å². The second kappa shape index (κ2) is 8.84. The minimum Gasteiger partial charge on any atom is -0.493 e. The molecule has 0 bridgehead atoms. The van der Waals surface area contributed by atoms with Gasteiger partial charge in [0.1, 0.15) is 6.23 Å². The van der Waals surface area contributed by atoms with E-state index in [1.165, 1.54) is 11.1 Å². The largest absolute Gasteiger partial charge is 0.493 e. The van der Waals surface area contributed by atoms with Crippen LogP contribution in [0.25, 0.3) is 0 Å². The molecule has 2 aliphatic rings. The number of hydrogen-bond acceptors (Lipinski definition) is 6. The van der Waals surface area contributed by atoms with Crippen molar-refractivity contribution in [2.24, 2.45) is 0 Å². The molecule has 0 N–H and O–H groups in total. The van der Waals surface area contributed by atoms with Crippen LogP contribution in [0.4, 0.5) is 5.69 Å². The number of fused-ring (bicyclic) bond motifs is 3. The van der Waals surface area contributed by atoms with E-state index in [9.17, 15) is 10.1 Å². The molecule has 1 saturated heterocycles. The van der Waals surface area contributed by atoms with Gasteiger partial charge in [0.2, 0.25) is 0 Å². The Morgan fingerprint density at radius 2 is 1.67 bits per heavy atom. The molecule has 7 heteroatoms. The van der Waals surface area contributed by atoms with E-state index in [0.717, 1.165) is 36.3 Å². The molecule has 5 rings (SSSR count). The molecule has 33 heavy (non-hydrogen) atoms. The van der Waals surface area contributed by atoms with Gasteiger partial charge in [-0.2, -0.15) is 0 Å². The minimum absolute atomic E-state index is 0.0755. The van der Waals surface area contributed by atoms with Crippen LogP contribution in [0, 0.1) is 10.1 Å². The van der Waals surface area contributed by atoms with Crippen molar-refractivity contribution in [2.75, 3.05) is 20.8 Å². The molecule has 0 aliphatic carbocycles. The molecule has 7 nitrogen and oxygen atoms in total. The Balaban J connectivity index is 1.57. The first-order chi connectivity index (χ1) is 16.1. The Morgan fingerprint density at radius 1 is 0.970 bits per heavy atom. The van der Waals surface area contributed by atoms with Gasteiger partial charge in [0.25, 0.3) is 5.69 Å². The van der Waals surface area contributed by atoms with E-state index in [1.807, 2.05) is 18.2 Å². The van der Waals surface area contributed by atoms with Crippen LogP contribution in [0.15, 0.2) is 66.7 Å². The molecule has 2 aliphatic heterocycles. The quantitative estimate of drug-likeness (QED) is 0.387. The molecule has 0 unspecified atom stereocenters. The molecule has 0 saturated carbocycles. The molecule has 3 atom stereocenters. The summed E-state index contributed by atoms with van der Waals surface area (Å²) >= 11 is 0. The minimum atomic E-state index is -0.377. The van der Waals surface area contributed by atoms with Gasteiger partial charge in [-0.15, -0.1) is 0 Å². The summed E-state index contributed by atoms with van der Waals surface area (Å²) in [6.07, 6.45) is 1.24. The Morgan fingerprint density at radius 3 is 2.33 bits per heavy atom. The highest BCUT2D eigenvalue weighted by Gasteiger charge is 2.41. The van der Waals surface area contributed by atoms with Gasteiger partial charge in [0, 0.05) is 24.7 Å². The van der Waals surface area contributed by atoms with E-state index in [-0.39, 0.29) is 29.0 Å². The van der Waals surface area contributed by atoms with Crippen molar-refractivity contribution in [3.05, 3.63) is 99.1 Å². The first-order valence-corrected chi connectivity index (χ1v) is 11.0. The molecular weight excluding hydrogens is 420 g/mol. The topological polar surface area (TPSA) is 74.1 Å². The van der Waals surface area contributed by atoms with Crippen molar-refractivity contribution in [2.45, 2.75) is 31.2 Å². The lowest BCUT2D eigenvalue weighted by Crippen LogP contribution is -2.44. The van der Waals surface area contributed by atoms with Crippen LogP contribution >= 0.6 is 0 Å². The summed E-state index contributed by atoms with van der Waals surface area (Å²) in [5.41, 5.74) is 4.58. The van der Waals surface area contributed by atoms with Crippen LogP contribution in [-0.4, -0.2) is 30.6 Å². The van der Waals surface area contributed by atoms with Crippen LogP contribution in [0.2, 0.25) is 0 Å². The zero-order chi connectivity index (χ0) is 22.9. The van der Waals surface area contributed by atoms with Crippen molar-refractivity contribution in [1.82, 2.24) is 4.90 Å². The van der Waals surface area contributed by atoms with Crippen molar-refractivity contribution in [3.8, 4) is 11.5 Å². The molecule has 0 spiro atoms. The maximum Gasteiger partial charge on any atom is 0.269 e. The number of nitro benzene ring substituents is 1. The first-order valence-electron chi connectivity index (χ1n) is 11.0. The van der Waals surface area contributed by atoms with Gasteiger partial charge in [0.15, 0.2) is 11.5 Å². The Labute approximate surface area is 192 Å². The summed E-state index contributed by atoms with van der Waals surface area (Å²) < 4.78 is 17.8. The maximum absolute atomic E-state index is 11.1. The van der Waals surface area contributed by atoms with Crippen molar-refractivity contribution in [3.63, 3.8) is 0 Å². The predicted molar refractivity (Wildman–Crippen MR) is 123 cm³/mol. The van der Waals surface area contributed by atoms with Gasteiger partial charge in [-0.05, 0) is 59.4 Å². The predicted octanol–water partition coefficient (Wildman–Crippen LogP) is 5.37. The highest BCUT2D eigenvalue weighted by Crippen LogP contribution is 2.50. The second-order valence-electron chi connectivity index (χ2n) is 8.38. The summed E-state index contributed by atoms with van der Waals surface area (Å²) in [5, 5.41) is 11.1. The lowest BCUT2D eigenvalue weighted by Gasteiger charge is -2.48. The molecule has 0 aromatic heterocycles. The summed E-state index contributed by atoms with van der Waals surface area (Å²) in [4.78, 5) is 13.1. The molecular formula is C26H26N2O5. The van der Waals surface area contributed by atoms with Crippen LogP contribution in [0.1, 0.15) is 47.0 Å². The fraction of sp³-hybridized carbons (Fsp3) is 0.308. The number of benzene rings is 3. The maximum atomic E-state index is 11.1. The smallest absolute Gasteiger partial charge is 0.269 e. The van der Waals surface area contributed by atoms with Crippen LogP contribution < -0.4 is 9.47 Å². The van der Waals surface area contributed by atoms with Gasteiger partial charge >= 0.3 is 0 Å². The average molecular weight is 447 g/mol. The number of ether oxygens (including phenoxy) is 3. The molecule has 170 valence electrons. The van der Waals surface area contributed by atoms with Crippen LogP contribution in [0.5, 0.6) is 11.5 Å². The summed E-state index contributed by atoms with van der Waals surface area (Å²) in [6.45, 7) is 0.816. The average Bonchev–Trinajstić information content (AvgIpc) is 2.87. The SMILES string of the molecule is COc1cc2c(cc1OC)[C@H]1C[C@H](c3ccccc3)O[C@@H](c3ccc([N+](=O)[O-])cc3)N1CC2. The summed E-state index contributed by atoms with van der Waals surface area (Å²) in [7, 11) is 3.31. The normalized spacial score (nSPS) is 22.2. The number of methoxy groups -OCH3 is 2. The summed E-state index contributed by atoms with van der Waals surface area (Å²) in [5.74, 6) is 1.45. The molecule has 3 aromatic rings. The molecule has 2 heterocycles. The number of rotatable bonds is 5. The van der Waals surface area contributed by atoms with Crippen molar-refractivity contribution in [1.29, 1.82) is 0 Å². The van der Waals surface area contributed by atoms with Crippen LogP contribution in [0.3, 0.4) is 0 Å². The molecule has 3 aromatic carbocycles. The van der Waals surface area contributed by atoms with Gasteiger partial charge in [-0.3, -0.25) is 15.0 Å². The third-order valence-corrected chi connectivity index (χ3v) is 6.64. The van der Waals surface area contributed by atoms with E-state index >= 15 is 0 Å². The third kappa shape index (κ3) is 3.94. The summed E-state index contributed by atoms with van der Waals surface area (Å²) in [6, 6.07) is 21.2. The first kappa shape index (κ1) is 21.4. The van der Waals surface area contributed by atoms with E-state index in [0.29, 0.717) is 5.75 Å². The number of nitrogens with zero attached hydrogens (tertiary/aromatic N) is 2. The molecule has 0 amide bonds. The number of nitro groups is 1. The highest BCUT2D eigenvalue weighted by molar-refractivity contribution is 5.50. The molecule has 1 fully saturated rings. The second-order valence-corrected chi connectivity index (χ2v) is 8.38. The third-order valence-electron chi connectivity index (χ3n) is 6.64. The fourth-order valence-corrected chi connectivity index (χ4v) is 5.00. The van der Waals surface area contributed by atoms with Gasteiger partial charge < -0.3 is 14.2 Å². The van der Waals surface area contributed by atoms with E-state index in [2.05, 4.69) is 29.2 Å². The van der Waals surface area contributed by atoms with Gasteiger partial charge in [-0.1, -0.05) is 30.3 Å². The zero-order valence-electron chi connectivity index (χ0n) is 18.6. The lowest BCUT2D eigenvalue weighted by molar-refractivity contribution is -0.384. The number of hydrogen-bond donors (Lipinski definition) is 0. The lowest BCUT2D eigenvalue weighted by atomic mass is 9.85. The van der Waals surface area contributed by atoms with Crippen LogP contribution in [-0.2, 0) is 11.2 Å².